The Morgan fingerprint density at radius 2 is 2.00 bits per heavy atom. The maximum absolute atomic E-state index is 12.4. The molecule has 0 saturated carbocycles. The molecule has 1 fully saturated rings. The van der Waals surface area contributed by atoms with E-state index in [0.717, 1.165) is 12.8 Å². The van der Waals surface area contributed by atoms with Crippen molar-refractivity contribution in [1.82, 2.24) is 4.90 Å². The number of nitrogens with zero attached hydrogens (tertiary/aromatic N) is 1. The molecule has 1 aliphatic heterocycles. The number of benzene rings is 1. The number of hydrogen-bond donors (Lipinski definition) is 0. The van der Waals surface area contributed by atoms with Crippen LogP contribution < -0.4 is 0 Å². The second-order valence-electron chi connectivity index (χ2n) is 6.65. The minimum Gasteiger partial charge on any atom is -0.453 e. The van der Waals surface area contributed by atoms with Crippen molar-refractivity contribution in [2.24, 2.45) is 5.92 Å². The van der Waals surface area contributed by atoms with Gasteiger partial charge < -0.3 is 14.1 Å². The molecule has 0 unspecified atom stereocenters. The van der Waals surface area contributed by atoms with Gasteiger partial charge in [0.1, 0.15) is 5.76 Å². The summed E-state index contributed by atoms with van der Waals surface area (Å²) in [7, 11) is 0. The Kier molecular flexibility index (Phi) is 5.96. The largest absolute Gasteiger partial charge is 0.453 e. The molecule has 7 heteroatoms. The second-order valence-corrected chi connectivity index (χ2v) is 7.06. The highest BCUT2D eigenvalue weighted by Crippen LogP contribution is 2.27. The maximum Gasteiger partial charge on any atom is 0.340 e. The van der Waals surface area contributed by atoms with E-state index in [-0.39, 0.29) is 28.9 Å². The molecule has 1 aromatic carbocycles. The lowest BCUT2D eigenvalue weighted by Gasteiger charge is -2.30. The molecule has 142 valence electrons. The Morgan fingerprint density at radius 1 is 1.26 bits per heavy atom. The first-order valence-corrected chi connectivity index (χ1v) is 9.15. The van der Waals surface area contributed by atoms with Crippen molar-refractivity contribution in [3.8, 4) is 11.3 Å². The topological polar surface area (TPSA) is 76.8 Å². The lowest BCUT2D eigenvalue weighted by Crippen LogP contribution is -2.40. The number of carbonyl (C=O) groups is 3. The minimum atomic E-state index is -0.678. The van der Waals surface area contributed by atoms with Crippen molar-refractivity contribution in [3.63, 3.8) is 0 Å². The Labute approximate surface area is 162 Å². The van der Waals surface area contributed by atoms with Gasteiger partial charge in [0.2, 0.25) is 0 Å². The fraction of sp³-hybridized carbons (Fsp3) is 0.350. The highest BCUT2D eigenvalue weighted by atomic mass is 35.5. The number of likely N-dealkylation sites (tertiary alicyclic amines) is 1. The predicted molar refractivity (Wildman–Crippen MR) is 99.8 cm³/mol. The number of esters is 1. The molecule has 2 aromatic rings. The van der Waals surface area contributed by atoms with E-state index in [0.29, 0.717) is 36.6 Å². The summed E-state index contributed by atoms with van der Waals surface area (Å²) in [4.78, 5) is 37.1. The number of furan rings is 1. The quantitative estimate of drug-likeness (QED) is 0.573. The van der Waals surface area contributed by atoms with E-state index >= 15 is 0 Å². The molecule has 1 aliphatic rings. The van der Waals surface area contributed by atoms with Gasteiger partial charge in [-0.3, -0.25) is 9.59 Å². The Hall–Kier alpha value is -2.60. The first-order chi connectivity index (χ1) is 13.0. The van der Waals surface area contributed by atoms with Crippen LogP contribution in [0.4, 0.5) is 0 Å². The zero-order valence-electron chi connectivity index (χ0n) is 14.9. The van der Waals surface area contributed by atoms with Gasteiger partial charge in [-0.15, -0.1) is 0 Å². The second kappa shape index (κ2) is 8.39. The molecule has 1 amide bonds. The van der Waals surface area contributed by atoms with Crippen molar-refractivity contribution in [3.05, 3.63) is 46.7 Å². The molecule has 3 rings (SSSR count). The lowest BCUT2D eigenvalue weighted by molar-refractivity contribution is -0.135. The highest BCUT2D eigenvalue weighted by molar-refractivity contribution is 6.33. The molecule has 1 saturated heterocycles. The van der Waals surface area contributed by atoms with E-state index in [1.807, 2.05) is 0 Å². The molecular weight excluding hydrogens is 370 g/mol. The van der Waals surface area contributed by atoms with Gasteiger partial charge in [0.25, 0.3) is 5.91 Å². The molecule has 0 spiro atoms. The van der Waals surface area contributed by atoms with Crippen LogP contribution in [0.3, 0.4) is 0 Å². The molecule has 27 heavy (non-hydrogen) atoms. The standard InChI is InChI=1S/C20H20ClNO5/c1-13-6-8-22(9-7-13)19(24)12-26-20(25)16-10-14(2-4-17(16)21)18-5-3-15(11-23)27-18/h2-5,10-11,13H,6-9,12H2,1H3. The van der Waals surface area contributed by atoms with Crippen molar-refractivity contribution >= 4 is 29.8 Å². The molecular formula is C20H20ClNO5. The number of rotatable bonds is 5. The number of amides is 1. The number of hydrogen-bond acceptors (Lipinski definition) is 5. The molecule has 1 aromatic heterocycles. The first-order valence-electron chi connectivity index (χ1n) is 8.77. The normalized spacial score (nSPS) is 14.8. The summed E-state index contributed by atoms with van der Waals surface area (Å²) in [5, 5.41) is 0.213. The van der Waals surface area contributed by atoms with Crippen LogP contribution >= 0.6 is 11.6 Å². The average molecular weight is 390 g/mol. The Balaban J connectivity index is 1.66. The Bertz CT molecular complexity index is 852. The van der Waals surface area contributed by atoms with Gasteiger partial charge in [-0.25, -0.2) is 4.79 Å². The van der Waals surface area contributed by atoms with Gasteiger partial charge in [-0.05, 0) is 49.1 Å². The number of ether oxygens (including phenoxy) is 1. The van der Waals surface area contributed by atoms with Gasteiger partial charge >= 0.3 is 5.97 Å². The van der Waals surface area contributed by atoms with Crippen LogP contribution in [-0.4, -0.2) is 42.8 Å². The molecule has 6 nitrogen and oxygen atoms in total. The highest BCUT2D eigenvalue weighted by Gasteiger charge is 2.22. The molecule has 0 atom stereocenters. The fourth-order valence-electron chi connectivity index (χ4n) is 2.96. The van der Waals surface area contributed by atoms with Crippen molar-refractivity contribution < 1.29 is 23.5 Å². The van der Waals surface area contributed by atoms with Crippen LogP contribution in [0.15, 0.2) is 34.7 Å². The van der Waals surface area contributed by atoms with E-state index in [2.05, 4.69) is 6.92 Å². The van der Waals surface area contributed by atoms with Crippen LogP contribution in [0.1, 0.15) is 40.7 Å². The third-order valence-electron chi connectivity index (χ3n) is 4.68. The minimum absolute atomic E-state index is 0.137. The molecule has 0 aliphatic carbocycles. The summed E-state index contributed by atoms with van der Waals surface area (Å²) in [6, 6.07) is 7.90. The zero-order valence-corrected chi connectivity index (χ0v) is 15.7. The molecule has 0 N–H and O–H groups in total. The van der Waals surface area contributed by atoms with Crippen molar-refractivity contribution in [2.75, 3.05) is 19.7 Å². The number of piperidine rings is 1. The zero-order chi connectivity index (χ0) is 19.4. The van der Waals surface area contributed by atoms with E-state index in [1.165, 1.54) is 12.1 Å². The van der Waals surface area contributed by atoms with E-state index in [1.54, 1.807) is 23.1 Å². The van der Waals surface area contributed by atoms with E-state index in [9.17, 15) is 14.4 Å². The molecule has 2 heterocycles. The van der Waals surface area contributed by atoms with Crippen LogP contribution in [-0.2, 0) is 9.53 Å². The summed E-state index contributed by atoms with van der Waals surface area (Å²) >= 11 is 6.11. The molecule has 0 bridgehead atoms. The predicted octanol–water partition coefficient (Wildman–Crippen LogP) is 3.83. The van der Waals surface area contributed by atoms with Gasteiger partial charge in [-0.1, -0.05) is 18.5 Å². The van der Waals surface area contributed by atoms with E-state index < -0.39 is 5.97 Å². The van der Waals surface area contributed by atoms with Gasteiger partial charge in [0, 0.05) is 18.7 Å². The van der Waals surface area contributed by atoms with Crippen LogP contribution in [0.2, 0.25) is 5.02 Å². The van der Waals surface area contributed by atoms with Crippen molar-refractivity contribution in [2.45, 2.75) is 19.8 Å². The molecule has 0 radical (unpaired) electrons. The van der Waals surface area contributed by atoms with E-state index in [4.69, 9.17) is 20.8 Å². The van der Waals surface area contributed by atoms with Gasteiger partial charge in [-0.2, -0.15) is 0 Å². The van der Waals surface area contributed by atoms with Crippen LogP contribution in [0.5, 0.6) is 0 Å². The van der Waals surface area contributed by atoms with Gasteiger partial charge in [0.05, 0.1) is 10.6 Å². The fourth-order valence-corrected chi connectivity index (χ4v) is 3.16. The summed E-state index contributed by atoms with van der Waals surface area (Å²) in [6.45, 7) is 3.22. The summed E-state index contributed by atoms with van der Waals surface area (Å²) in [5.41, 5.74) is 0.717. The SMILES string of the molecule is CC1CCN(C(=O)COC(=O)c2cc(-c3ccc(C=O)o3)ccc2Cl)CC1. The number of aldehydes is 1. The number of halogens is 1. The maximum atomic E-state index is 12.4. The average Bonchev–Trinajstić information content (AvgIpc) is 3.16. The third kappa shape index (κ3) is 4.57. The lowest BCUT2D eigenvalue weighted by atomic mass is 9.99. The Morgan fingerprint density at radius 3 is 2.67 bits per heavy atom. The van der Waals surface area contributed by atoms with Crippen LogP contribution in [0.25, 0.3) is 11.3 Å². The number of carbonyl (C=O) groups excluding carboxylic acids is 3. The van der Waals surface area contributed by atoms with Crippen LogP contribution in [0, 0.1) is 5.92 Å². The van der Waals surface area contributed by atoms with Crippen molar-refractivity contribution in [1.29, 1.82) is 0 Å². The first kappa shape index (κ1) is 19.2. The smallest absolute Gasteiger partial charge is 0.340 e. The van der Waals surface area contributed by atoms with Gasteiger partial charge in [0.15, 0.2) is 18.7 Å². The summed E-state index contributed by atoms with van der Waals surface area (Å²) in [5.74, 6) is 0.346. The monoisotopic (exact) mass is 389 g/mol. The summed E-state index contributed by atoms with van der Waals surface area (Å²) < 4.78 is 10.5. The third-order valence-corrected chi connectivity index (χ3v) is 5.01. The summed E-state index contributed by atoms with van der Waals surface area (Å²) in [6.07, 6.45) is 2.51.